The van der Waals surface area contributed by atoms with Gasteiger partial charge in [0.25, 0.3) is 0 Å². The Morgan fingerprint density at radius 1 is 1.73 bits per heavy atom. The first kappa shape index (κ1) is 9.91. The topological polar surface area (TPSA) is 24.9 Å². The summed E-state index contributed by atoms with van der Waals surface area (Å²) in [4.78, 5) is 4.38. The number of rotatable bonds is 1. The van der Waals surface area contributed by atoms with E-state index >= 15 is 0 Å². The molecule has 0 radical (unpaired) electrons. The van der Waals surface area contributed by atoms with E-state index in [4.69, 9.17) is 11.6 Å². The number of pyridine rings is 1. The van der Waals surface area contributed by atoms with Crippen LogP contribution >= 0.6 is 27.5 Å². The number of anilines is 1. The van der Waals surface area contributed by atoms with Gasteiger partial charge in [-0.3, -0.25) is 0 Å². The summed E-state index contributed by atoms with van der Waals surface area (Å²) in [6.45, 7) is 3.25. The fraction of sp³-hybridized carbons (Fsp3) is 0.545. The Balaban J connectivity index is 2.14. The van der Waals surface area contributed by atoms with Gasteiger partial charge in [0.15, 0.2) is 0 Å². The molecule has 1 aliphatic heterocycles. The zero-order chi connectivity index (χ0) is 10.6. The van der Waals surface area contributed by atoms with E-state index in [1.165, 1.54) is 18.4 Å². The third-order valence-corrected chi connectivity index (χ3v) is 4.99. The van der Waals surface area contributed by atoms with Gasteiger partial charge in [0, 0.05) is 23.7 Å². The predicted molar refractivity (Wildman–Crippen MR) is 65.5 cm³/mol. The summed E-state index contributed by atoms with van der Waals surface area (Å²) in [7, 11) is 0. The number of hydrogen-bond donors (Lipinski definition) is 1. The largest absolute Gasteiger partial charge is 0.369 e. The van der Waals surface area contributed by atoms with Gasteiger partial charge in [0.05, 0.1) is 9.50 Å². The summed E-state index contributed by atoms with van der Waals surface area (Å²) in [5, 5.41) is 4.22. The molecule has 1 saturated carbocycles. The molecule has 2 atom stereocenters. The molecule has 1 spiro atoms. The molecular formula is C11H12BrClN2. The SMILES string of the molecule is CC[C@@H]1C[C@@]12CNc1ncc(Br)c(Cl)c12. The van der Waals surface area contributed by atoms with Crippen molar-refractivity contribution < 1.29 is 0 Å². The van der Waals surface area contributed by atoms with E-state index in [1.807, 2.05) is 0 Å². The van der Waals surface area contributed by atoms with Crippen molar-refractivity contribution in [2.75, 3.05) is 11.9 Å². The van der Waals surface area contributed by atoms with Crippen LogP contribution in [-0.2, 0) is 5.41 Å². The maximum absolute atomic E-state index is 6.36. The Morgan fingerprint density at radius 3 is 3.20 bits per heavy atom. The van der Waals surface area contributed by atoms with Crippen molar-refractivity contribution in [2.45, 2.75) is 25.2 Å². The molecule has 1 aromatic rings. The first-order valence-electron chi connectivity index (χ1n) is 5.27. The van der Waals surface area contributed by atoms with Gasteiger partial charge in [-0.05, 0) is 28.3 Å². The van der Waals surface area contributed by atoms with Gasteiger partial charge in [0.2, 0.25) is 0 Å². The van der Waals surface area contributed by atoms with Gasteiger partial charge in [-0.15, -0.1) is 0 Å². The van der Waals surface area contributed by atoms with Crippen LogP contribution in [0.4, 0.5) is 5.82 Å². The van der Waals surface area contributed by atoms with Gasteiger partial charge in [-0.2, -0.15) is 0 Å². The van der Waals surface area contributed by atoms with Crippen molar-refractivity contribution in [1.82, 2.24) is 4.98 Å². The Morgan fingerprint density at radius 2 is 2.53 bits per heavy atom. The summed E-state index contributed by atoms with van der Waals surface area (Å²) in [6.07, 6.45) is 4.25. The number of halogens is 2. The Labute approximate surface area is 103 Å². The highest BCUT2D eigenvalue weighted by molar-refractivity contribution is 9.10. The van der Waals surface area contributed by atoms with Crippen LogP contribution in [0.1, 0.15) is 25.3 Å². The number of nitrogens with one attached hydrogen (secondary N) is 1. The second-order valence-corrected chi connectivity index (χ2v) is 5.70. The van der Waals surface area contributed by atoms with Crippen molar-refractivity contribution in [3.63, 3.8) is 0 Å². The standard InChI is InChI=1S/C11H12BrClN2/c1-2-6-3-11(6)5-15-10-8(11)9(13)7(12)4-14-10/h4,6H,2-3,5H2,1H3,(H,14,15)/t6-,11-/m1/s1. The van der Waals surface area contributed by atoms with Gasteiger partial charge >= 0.3 is 0 Å². The minimum atomic E-state index is 0.290. The molecule has 1 aliphatic carbocycles. The quantitative estimate of drug-likeness (QED) is 0.854. The molecule has 0 saturated heterocycles. The average Bonchev–Trinajstić information content (AvgIpc) is 2.81. The molecule has 0 bridgehead atoms. The molecular weight excluding hydrogens is 275 g/mol. The first-order chi connectivity index (χ1) is 7.19. The van der Waals surface area contributed by atoms with E-state index in [0.717, 1.165) is 27.8 Å². The fourth-order valence-corrected chi connectivity index (χ4v) is 3.45. The molecule has 2 nitrogen and oxygen atoms in total. The van der Waals surface area contributed by atoms with Gasteiger partial charge < -0.3 is 5.32 Å². The lowest BCUT2D eigenvalue weighted by Gasteiger charge is -2.11. The molecule has 0 amide bonds. The van der Waals surface area contributed by atoms with Crippen molar-refractivity contribution in [3.05, 3.63) is 21.3 Å². The van der Waals surface area contributed by atoms with Gasteiger partial charge in [0.1, 0.15) is 5.82 Å². The van der Waals surface area contributed by atoms with Crippen LogP contribution in [0.15, 0.2) is 10.7 Å². The lowest BCUT2D eigenvalue weighted by Crippen LogP contribution is -2.12. The van der Waals surface area contributed by atoms with Crippen molar-refractivity contribution in [1.29, 1.82) is 0 Å². The third-order valence-electron chi connectivity index (χ3n) is 3.77. The predicted octanol–water partition coefficient (Wildman–Crippen LogP) is 3.59. The summed E-state index contributed by atoms with van der Waals surface area (Å²) >= 11 is 9.81. The number of hydrogen-bond acceptors (Lipinski definition) is 2. The molecule has 15 heavy (non-hydrogen) atoms. The Bertz CT molecular complexity index is 435. The molecule has 0 unspecified atom stereocenters. The zero-order valence-corrected chi connectivity index (χ0v) is 10.8. The minimum Gasteiger partial charge on any atom is -0.369 e. The lowest BCUT2D eigenvalue weighted by atomic mass is 9.96. The normalized spacial score (nSPS) is 31.5. The van der Waals surface area contributed by atoms with Gasteiger partial charge in [-0.25, -0.2) is 4.98 Å². The second-order valence-electron chi connectivity index (χ2n) is 4.46. The lowest BCUT2D eigenvalue weighted by molar-refractivity contribution is 0.638. The summed E-state index contributed by atoms with van der Waals surface area (Å²) < 4.78 is 0.910. The third kappa shape index (κ3) is 1.19. The van der Waals surface area contributed by atoms with Crippen molar-refractivity contribution in [2.24, 2.45) is 5.92 Å². The van der Waals surface area contributed by atoms with Crippen molar-refractivity contribution >= 4 is 33.3 Å². The molecule has 2 aliphatic rings. The van der Waals surface area contributed by atoms with Crippen LogP contribution in [0.2, 0.25) is 5.02 Å². The smallest absolute Gasteiger partial charge is 0.131 e. The number of nitrogens with zero attached hydrogens (tertiary/aromatic N) is 1. The van der Waals surface area contributed by atoms with E-state index < -0.39 is 0 Å². The molecule has 3 rings (SSSR count). The first-order valence-corrected chi connectivity index (χ1v) is 6.44. The number of fused-ring (bicyclic) bond motifs is 2. The van der Waals surface area contributed by atoms with E-state index in [1.54, 1.807) is 6.20 Å². The van der Waals surface area contributed by atoms with Crippen LogP contribution in [0.3, 0.4) is 0 Å². The van der Waals surface area contributed by atoms with Crippen molar-refractivity contribution in [3.8, 4) is 0 Å². The summed E-state index contributed by atoms with van der Waals surface area (Å²) in [6, 6.07) is 0. The van der Waals surface area contributed by atoms with E-state index in [2.05, 4.69) is 33.2 Å². The Kier molecular flexibility index (Phi) is 2.05. The van der Waals surface area contributed by atoms with Crippen LogP contribution in [-0.4, -0.2) is 11.5 Å². The molecule has 0 aromatic carbocycles. The van der Waals surface area contributed by atoms with E-state index in [-0.39, 0.29) is 5.41 Å². The number of aromatic nitrogens is 1. The van der Waals surface area contributed by atoms with E-state index in [0.29, 0.717) is 0 Å². The highest BCUT2D eigenvalue weighted by Crippen LogP contribution is 2.62. The molecule has 1 aromatic heterocycles. The second kappa shape index (κ2) is 3.11. The van der Waals surface area contributed by atoms with Crippen LogP contribution in [0, 0.1) is 5.92 Å². The highest BCUT2D eigenvalue weighted by Gasteiger charge is 2.59. The molecule has 1 N–H and O–H groups in total. The minimum absolute atomic E-state index is 0.290. The van der Waals surface area contributed by atoms with E-state index in [9.17, 15) is 0 Å². The summed E-state index contributed by atoms with van der Waals surface area (Å²) in [5.41, 5.74) is 1.53. The fourth-order valence-electron chi connectivity index (χ4n) is 2.82. The highest BCUT2D eigenvalue weighted by atomic mass is 79.9. The molecule has 4 heteroatoms. The molecule has 1 fully saturated rings. The molecule has 2 heterocycles. The monoisotopic (exact) mass is 286 g/mol. The Hall–Kier alpha value is -0.280. The van der Waals surface area contributed by atoms with Crippen LogP contribution in [0.5, 0.6) is 0 Å². The summed E-state index contributed by atoms with van der Waals surface area (Å²) in [5.74, 6) is 1.76. The zero-order valence-electron chi connectivity index (χ0n) is 8.48. The maximum atomic E-state index is 6.36. The van der Waals surface area contributed by atoms with Crippen LogP contribution in [0.25, 0.3) is 0 Å². The van der Waals surface area contributed by atoms with Gasteiger partial charge in [-0.1, -0.05) is 24.9 Å². The molecule has 80 valence electrons. The van der Waals surface area contributed by atoms with Crippen LogP contribution < -0.4 is 5.32 Å². The maximum Gasteiger partial charge on any atom is 0.131 e. The average molecular weight is 288 g/mol.